The summed E-state index contributed by atoms with van der Waals surface area (Å²) in [6, 6.07) is 9.04. The number of rotatable bonds is 4. The van der Waals surface area contributed by atoms with Crippen molar-refractivity contribution < 1.29 is 4.42 Å². The molecule has 2 aromatic heterocycles. The molecule has 126 valence electrons. The van der Waals surface area contributed by atoms with E-state index in [-0.39, 0.29) is 6.04 Å². The van der Waals surface area contributed by atoms with Crippen molar-refractivity contribution in [2.45, 2.75) is 38.8 Å². The van der Waals surface area contributed by atoms with Crippen LogP contribution in [0.2, 0.25) is 0 Å². The van der Waals surface area contributed by atoms with Gasteiger partial charge in [-0.3, -0.25) is 0 Å². The van der Waals surface area contributed by atoms with E-state index in [4.69, 9.17) is 4.42 Å². The number of fused-ring (bicyclic) bond motifs is 1. The molecule has 0 amide bonds. The van der Waals surface area contributed by atoms with E-state index in [1.165, 1.54) is 10.9 Å². The molecule has 1 saturated heterocycles. The van der Waals surface area contributed by atoms with Gasteiger partial charge in [0.25, 0.3) is 0 Å². The molecular weight excluding hydrogens is 318 g/mol. The molecule has 0 spiro atoms. The van der Waals surface area contributed by atoms with Gasteiger partial charge >= 0.3 is 0 Å². The van der Waals surface area contributed by atoms with Crippen LogP contribution >= 0.6 is 11.3 Å². The van der Waals surface area contributed by atoms with Gasteiger partial charge in [0.15, 0.2) is 5.13 Å². The highest BCUT2D eigenvalue weighted by atomic mass is 32.1. The summed E-state index contributed by atoms with van der Waals surface area (Å²) >= 11 is 1.73. The molecule has 4 nitrogen and oxygen atoms in total. The Morgan fingerprint density at radius 2 is 2.08 bits per heavy atom. The lowest BCUT2D eigenvalue weighted by Crippen LogP contribution is -2.43. The van der Waals surface area contributed by atoms with Gasteiger partial charge in [-0.2, -0.15) is 0 Å². The van der Waals surface area contributed by atoms with Gasteiger partial charge in [-0.15, -0.1) is 11.3 Å². The number of nitrogens with zero attached hydrogens (tertiary/aromatic N) is 2. The van der Waals surface area contributed by atoms with Crippen molar-refractivity contribution in [3.05, 3.63) is 47.2 Å². The maximum atomic E-state index is 6.10. The zero-order valence-electron chi connectivity index (χ0n) is 14.2. The molecular formula is C19H23N3OS. The lowest BCUT2D eigenvalue weighted by Gasteiger charge is -2.33. The molecule has 1 N–H and O–H groups in total. The standard InChI is InChI=1S/C19H23N3OS/c1-13-16-5-3-4-6-17(16)23-18(13)14(2)21-15-7-10-22(11-8-15)19-20-9-12-24-19/h3-6,9,12,14-15,21H,7-8,10-11H2,1-2H3/t14-/m1/s1. The van der Waals surface area contributed by atoms with Gasteiger partial charge in [0.1, 0.15) is 11.3 Å². The number of thiazole rings is 1. The van der Waals surface area contributed by atoms with Crippen LogP contribution in [0.15, 0.2) is 40.3 Å². The van der Waals surface area contributed by atoms with Crippen LogP contribution in [0.5, 0.6) is 0 Å². The predicted molar refractivity (Wildman–Crippen MR) is 99.9 cm³/mol. The summed E-state index contributed by atoms with van der Waals surface area (Å²) in [5.74, 6) is 1.07. The van der Waals surface area contributed by atoms with Crippen LogP contribution in [0.4, 0.5) is 5.13 Å². The number of benzene rings is 1. The van der Waals surface area contributed by atoms with Crippen LogP contribution < -0.4 is 10.2 Å². The Kier molecular flexibility index (Phi) is 4.29. The first-order valence-corrected chi connectivity index (χ1v) is 9.49. The van der Waals surface area contributed by atoms with Gasteiger partial charge in [-0.1, -0.05) is 18.2 Å². The summed E-state index contributed by atoms with van der Waals surface area (Å²) in [6.07, 6.45) is 4.17. The fourth-order valence-corrected chi connectivity index (χ4v) is 4.34. The summed E-state index contributed by atoms with van der Waals surface area (Å²) in [6.45, 7) is 6.50. The summed E-state index contributed by atoms with van der Waals surface area (Å²) in [5, 5.41) is 8.18. The van der Waals surface area contributed by atoms with Gasteiger partial charge in [-0.05, 0) is 38.3 Å². The number of aromatic nitrogens is 1. The van der Waals surface area contributed by atoms with Crippen molar-refractivity contribution >= 4 is 27.4 Å². The van der Waals surface area contributed by atoms with E-state index in [1.807, 2.05) is 23.7 Å². The second-order valence-electron chi connectivity index (χ2n) is 6.55. The molecule has 3 aromatic rings. The summed E-state index contributed by atoms with van der Waals surface area (Å²) in [7, 11) is 0. The van der Waals surface area contributed by atoms with E-state index < -0.39 is 0 Å². The topological polar surface area (TPSA) is 41.3 Å². The van der Waals surface area contributed by atoms with E-state index in [2.05, 4.69) is 41.2 Å². The van der Waals surface area contributed by atoms with E-state index >= 15 is 0 Å². The quantitative estimate of drug-likeness (QED) is 0.758. The second-order valence-corrected chi connectivity index (χ2v) is 7.42. The SMILES string of the molecule is Cc1c([C@@H](C)NC2CCN(c3nccs3)CC2)oc2ccccc12. The molecule has 0 aliphatic carbocycles. The molecule has 1 aliphatic rings. The van der Waals surface area contributed by atoms with Crippen LogP contribution in [0, 0.1) is 6.92 Å². The predicted octanol–water partition coefficient (Wildman–Crippen LogP) is 4.52. The number of para-hydroxylation sites is 1. The highest BCUT2D eigenvalue weighted by Gasteiger charge is 2.24. The monoisotopic (exact) mass is 341 g/mol. The number of anilines is 1. The Balaban J connectivity index is 1.41. The Morgan fingerprint density at radius 1 is 1.29 bits per heavy atom. The number of hydrogen-bond acceptors (Lipinski definition) is 5. The molecule has 1 fully saturated rings. The zero-order chi connectivity index (χ0) is 16.5. The third kappa shape index (κ3) is 2.94. The number of furan rings is 1. The van der Waals surface area contributed by atoms with E-state index in [9.17, 15) is 0 Å². The van der Waals surface area contributed by atoms with Crippen molar-refractivity contribution in [3.63, 3.8) is 0 Å². The molecule has 1 aliphatic heterocycles. The first-order valence-electron chi connectivity index (χ1n) is 8.61. The minimum Gasteiger partial charge on any atom is -0.459 e. The zero-order valence-corrected chi connectivity index (χ0v) is 15.0. The average molecular weight is 341 g/mol. The van der Waals surface area contributed by atoms with Crippen LogP contribution in [-0.2, 0) is 0 Å². The number of hydrogen-bond donors (Lipinski definition) is 1. The van der Waals surface area contributed by atoms with Gasteiger partial charge in [0.2, 0.25) is 0 Å². The van der Waals surface area contributed by atoms with Crippen LogP contribution in [-0.4, -0.2) is 24.1 Å². The Labute approximate surface area is 146 Å². The fraction of sp³-hybridized carbons (Fsp3) is 0.421. The van der Waals surface area contributed by atoms with Crippen molar-refractivity contribution in [3.8, 4) is 0 Å². The van der Waals surface area contributed by atoms with Gasteiger partial charge in [0.05, 0.1) is 6.04 Å². The van der Waals surface area contributed by atoms with Crippen molar-refractivity contribution in [1.82, 2.24) is 10.3 Å². The maximum Gasteiger partial charge on any atom is 0.185 e. The minimum atomic E-state index is 0.230. The van der Waals surface area contributed by atoms with E-state index in [0.717, 1.165) is 42.4 Å². The largest absolute Gasteiger partial charge is 0.459 e. The number of piperidine rings is 1. The highest BCUT2D eigenvalue weighted by Crippen LogP contribution is 2.30. The first kappa shape index (κ1) is 15.7. The molecule has 5 heteroatoms. The number of aryl methyl sites for hydroxylation is 1. The summed E-state index contributed by atoms with van der Waals surface area (Å²) in [4.78, 5) is 6.81. The third-order valence-corrected chi connectivity index (χ3v) is 5.78. The van der Waals surface area contributed by atoms with Gasteiger partial charge in [0, 0.05) is 36.1 Å². The van der Waals surface area contributed by atoms with Gasteiger partial charge in [-0.25, -0.2) is 4.98 Å². The normalized spacial score (nSPS) is 17.5. The van der Waals surface area contributed by atoms with Crippen LogP contribution in [0.3, 0.4) is 0 Å². The van der Waals surface area contributed by atoms with Gasteiger partial charge < -0.3 is 14.6 Å². The van der Waals surface area contributed by atoms with Crippen LogP contribution in [0.1, 0.15) is 37.1 Å². The van der Waals surface area contributed by atoms with E-state index in [1.54, 1.807) is 11.3 Å². The molecule has 3 heterocycles. The Hall–Kier alpha value is -1.85. The van der Waals surface area contributed by atoms with E-state index in [0.29, 0.717) is 6.04 Å². The van der Waals surface area contributed by atoms with Crippen molar-refractivity contribution in [1.29, 1.82) is 0 Å². The lowest BCUT2D eigenvalue weighted by atomic mass is 10.0. The fourth-order valence-electron chi connectivity index (χ4n) is 3.65. The number of nitrogens with one attached hydrogen (secondary N) is 1. The second kappa shape index (κ2) is 6.57. The molecule has 0 unspecified atom stereocenters. The van der Waals surface area contributed by atoms with Crippen LogP contribution in [0.25, 0.3) is 11.0 Å². The van der Waals surface area contributed by atoms with Crippen molar-refractivity contribution in [2.75, 3.05) is 18.0 Å². The molecule has 4 rings (SSSR count). The highest BCUT2D eigenvalue weighted by molar-refractivity contribution is 7.13. The summed E-state index contributed by atoms with van der Waals surface area (Å²) < 4.78 is 6.10. The molecule has 1 aromatic carbocycles. The maximum absolute atomic E-state index is 6.10. The smallest absolute Gasteiger partial charge is 0.185 e. The Bertz CT molecular complexity index is 803. The molecule has 1 atom stereocenters. The summed E-state index contributed by atoms with van der Waals surface area (Å²) in [5.41, 5.74) is 2.24. The molecule has 0 bridgehead atoms. The Morgan fingerprint density at radius 3 is 2.79 bits per heavy atom. The molecule has 24 heavy (non-hydrogen) atoms. The van der Waals surface area contributed by atoms with Crippen molar-refractivity contribution in [2.24, 2.45) is 0 Å². The average Bonchev–Trinajstić information content (AvgIpc) is 3.24. The third-order valence-electron chi connectivity index (χ3n) is 4.94. The molecule has 0 radical (unpaired) electrons. The minimum absolute atomic E-state index is 0.230. The first-order chi connectivity index (χ1) is 11.7. The molecule has 0 saturated carbocycles. The lowest BCUT2D eigenvalue weighted by molar-refractivity contribution is 0.351.